The van der Waals surface area contributed by atoms with Crippen LogP contribution in [0.25, 0.3) is 0 Å². The first-order valence-corrected chi connectivity index (χ1v) is 12.4. The number of hydrogen-bond donors (Lipinski definition) is 1. The smallest absolute Gasteiger partial charge is 0.118 e. The molecule has 190 valence electrons. The van der Waals surface area contributed by atoms with Gasteiger partial charge in [-0.3, -0.25) is 0 Å². The van der Waals surface area contributed by atoms with Crippen LogP contribution in [0.3, 0.4) is 0 Å². The van der Waals surface area contributed by atoms with Gasteiger partial charge in [0, 0.05) is 5.92 Å². The van der Waals surface area contributed by atoms with E-state index in [9.17, 15) is 5.11 Å². The van der Waals surface area contributed by atoms with E-state index in [0.717, 1.165) is 47.5 Å². The van der Waals surface area contributed by atoms with Crippen LogP contribution >= 0.6 is 0 Å². The largest absolute Gasteiger partial charge is 0.497 e. The highest BCUT2D eigenvalue weighted by Crippen LogP contribution is 2.35. The van der Waals surface area contributed by atoms with E-state index in [-0.39, 0.29) is 18.1 Å². The Bertz CT molecular complexity index is 957. The predicted molar refractivity (Wildman–Crippen MR) is 140 cm³/mol. The third-order valence-corrected chi connectivity index (χ3v) is 6.62. The maximum Gasteiger partial charge on any atom is 0.118 e. The van der Waals surface area contributed by atoms with Crippen LogP contribution in [0.5, 0.6) is 11.5 Å². The molecule has 0 radical (unpaired) electrons. The van der Waals surface area contributed by atoms with Crippen LogP contribution in [0.1, 0.15) is 51.2 Å². The first kappa shape index (κ1) is 27.0. The van der Waals surface area contributed by atoms with E-state index in [1.165, 1.54) is 5.57 Å². The van der Waals surface area contributed by atoms with Crippen molar-refractivity contribution in [3.8, 4) is 11.5 Å². The van der Waals surface area contributed by atoms with Gasteiger partial charge < -0.3 is 24.1 Å². The van der Waals surface area contributed by atoms with Crippen molar-refractivity contribution in [2.45, 2.75) is 71.6 Å². The molecule has 3 rings (SSSR count). The van der Waals surface area contributed by atoms with Gasteiger partial charge in [0.25, 0.3) is 0 Å². The molecule has 2 aromatic rings. The van der Waals surface area contributed by atoms with Crippen LogP contribution in [0.15, 0.2) is 71.8 Å². The topological polar surface area (TPSA) is 57.2 Å². The molecular weight excluding hydrogens is 440 g/mol. The van der Waals surface area contributed by atoms with E-state index >= 15 is 0 Å². The lowest BCUT2D eigenvalue weighted by Crippen LogP contribution is -2.47. The Balaban J connectivity index is 1.69. The van der Waals surface area contributed by atoms with Gasteiger partial charge in [-0.2, -0.15) is 0 Å². The molecule has 5 heteroatoms. The molecular formula is C30H40O5. The summed E-state index contributed by atoms with van der Waals surface area (Å²) in [6.45, 7) is 7.25. The van der Waals surface area contributed by atoms with E-state index < -0.39 is 6.10 Å². The summed E-state index contributed by atoms with van der Waals surface area (Å²) < 4.78 is 23.1. The summed E-state index contributed by atoms with van der Waals surface area (Å²) in [4.78, 5) is 0. The van der Waals surface area contributed by atoms with Crippen molar-refractivity contribution in [3.63, 3.8) is 0 Å². The number of benzene rings is 2. The van der Waals surface area contributed by atoms with E-state index in [2.05, 4.69) is 32.9 Å². The Hall–Kier alpha value is -2.60. The highest BCUT2D eigenvalue weighted by atomic mass is 16.5. The highest BCUT2D eigenvalue weighted by Gasteiger charge is 2.40. The van der Waals surface area contributed by atoms with Gasteiger partial charge >= 0.3 is 0 Å². The number of rotatable bonds is 11. The Kier molecular flexibility index (Phi) is 10.4. The van der Waals surface area contributed by atoms with Crippen molar-refractivity contribution in [3.05, 3.63) is 83.0 Å². The molecule has 1 aliphatic carbocycles. The van der Waals surface area contributed by atoms with Crippen molar-refractivity contribution in [1.29, 1.82) is 0 Å². The zero-order chi connectivity index (χ0) is 25.2. The zero-order valence-electron chi connectivity index (χ0n) is 21.7. The molecule has 0 aromatic heterocycles. The number of hydrogen-bond acceptors (Lipinski definition) is 5. The summed E-state index contributed by atoms with van der Waals surface area (Å²) in [5.41, 5.74) is 4.57. The van der Waals surface area contributed by atoms with E-state index in [1.54, 1.807) is 14.2 Å². The lowest BCUT2D eigenvalue weighted by Gasteiger charge is -2.41. The quantitative estimate of drug-likeness (QED) is 0.385. The molecule has 0 aliphatic heterocycles. The fraction of sp³-hybridized carbons (Fsp3) is 0.467. The first-order valence-electron chi connectivity index (χ1n) is 12.4. The minimum Gasteiger partial charge on any atom is -0.497 e. The Labute approximate surface area is 210 Å². The number of allylic oxidation sites excluding steroid dienone is 3. The molecule has 2 aromatic carbocycles. The summed E-state index contributed by atoms with van der Waals surface area (Å²) in [7, 11) is 3.32. The second kappa shape index (κ2) is 13.5. The maximum absolute atomic E-state index is 11.4. The number of methoxy groups -OCH3 is 2. The summed E-state index contributed by atoms with van der Waals surface area (Å²) in [6.07, 6.45) is 5.89. The van der Waals surface area contributed by atoms with Crippen molar-refractivity contribution >= 4 is 0 Å². The van der Waals surface area contributed by atoms with Gasteiger partial charge in [-0.15, -0.1) is 0 Å². The Morgan fingerprint density at radius 1 is 0.771 bits per heavy atom. The third-order valence-electron chi connectivity index (χ3n) is 6.62. The van der Waals surface area contributed by atoms with Gasteiger partial charge in [0.15, 0.2) is 0 Å². The molecule has 0 saturated heterocycles. The fourth-order valence-electron chi connectivity index (χ4n) is 4.53. The lowest BCUT2D eigenvalue weighted by atomic mass is 9.77. The molecule has 0 bridgehead atoms. The SMILES string of the molecule is COc1ccc(CO[C@H]2CC[C@@H](OCc3ccc(OC)cc3)[C@@H](O)[C@@H]2/C(C)=C/CC=C(C)C)cc1. The minimum absolute atomic E-state index is 0.0732. The number of ether oxygens (including phenoxy) is 4. The molecule has 5 nitrogen and oxygen atoms in total. The Morgan fingerprint density at radius 2 is 1.26 bits per heavy atom. The van der Waals surface area contributed by atoms with Crippen molar-refractivity contribution in [2.24, 2.45) is 5.92 Å². The summed E-state index contributed by atoms with van der Waals surface area (Å²) >= 11 is 0. The summed E-state index contributed by atoms with van der Waals surface area (Å²) in [5.74, 6) is 1.53. The number of aliphatic hydroxyl groups is 1. The molecule has 4 atom stereocenters. The molecule has 1 N–H and O–H groups in total. The average molecular weight is 481 g/mol. The van der Waals surface area contributed by atoms with E-state index in [4.69, 9.17) is 18.9 Å². The second-order valence-corrected chi connectivity index (χ2v) is 9.45. The monoisotopic (exact) mass is 480 g/mol. The van der Waals surface area contributed by atoms with Gasteiger partial charge in [0.1, 0.15) is 11.5 Å². The zero-order valence-corrected chi connectivity index (χ0v) is 21.7. The molecule has 0 unspecified atom stereocenters. The van der Waals surface area contributed by atoms with Crippen LogP contribution < -0.4 is 9.47 Å². The van der Waals surface area contributed by atoms with Crippen molar-refractivity contribution in [1.82, 2.24) is 0 Å². The second-order valence-electron chi connectivity index (χ2n) is 9.45. The molecule has 0 heterocycles. The van der Waals surface area contributed by atoms with Crippen molar-refractivity contribution in [2.75, 3.05) is 14.2 Å². The molecule has 0 spiro atoms. The van der Waals surface area contributed by atoms with Crippen LogP contribution in [0.2, 0.25) is 0 Å². The van der Waals surface area contributed by atoms with Crippen LogP contribution in [0.4, 0.5) is 0 Å². The van der Waals surface area contributed by atoms with Gasteiger partial charge in [0.2, 0.25) is 0 Å². The molecule has 35 heavy (non-hydrogen) atoms. The highest BCUT2D eigenvalue weighted by molar-refractivity contribution is 5.27. The predicted octanol–water partition coefficient (Wildman–Crippen LogP) is 6.25. The minimum atomic E-state index is -0.634. The van der Waals surface area contributed by atoms with Gasteiger partial charge in [-0.25, -0.2) is 0 Å². The fourth-order valence-corrected chi connectivity index (χ4v) is 4.53. The van der Waals surface area contributed by atoms with Gasteiger partial charge in [-0.1, -0.05) is 47.6 Å². The normalized spacial score (nSPS) is 22.5. The van der Waals surface area contributed by atoms with Crippen LogP contribution in [-0.4, -0.2) is 37.6 Å². The summed E-state index contributed by atoms with van der Waals surface area (Å²) in [5, 5.41) is 11.4. The summed E-state index contributed by atoms with van der Waals surface area (Å²) in [6, 6.07) is 15.8. The van der Waals surface area contributed by atoms with E-state index in [1.807, 2.05) is 48.5 Å². The lowest BCUT2D eigenvalue weighted by molar-refractivity contribution is -0.134. The number of aliphatic hydroxyl groups excluding tert-OH is 1. The van der Waals surface area contributed by atoms with Crippen LogP contribution in [0, 0.1) is 5.92 Å². The first-order chi connectivity index (χ1) is 16.9. The van der Waals surface area contributed by atoms with Crippen LogP contribution in [-0.2, 0) is 22.7 Å². The molecule has 0 amide bonds. The Morgan fingerprint density at radius 3 is 1.74 bits per heavy atom. The standard InChI is InChI=1S/C30H40O5/c1-21(2)7-6-8-22(3)29-27(34-19-23-9-13-25(32-4)14-10-23)17-18-28(30(29)31)35-20-24-11-15-26(33-5)16-12-24/h7-16,27-31H,6,17-20H2,1-5H3/b22-8+/t27-,28+,29+,30+/m0/s1. The van der Waals surface area contributed by atoms with Crippen molar-refractivity contribution < 1.29 is 24.1 Å². The molecule has 1 saturated carbocycles. The molecule has 1 fully saturated rings. The third kappa shape index (κ3) is 7.96. The molecule has 1 aliphatic rings. The van der Waals surface area contributed by atoms with E-state index in [0.29, 0.717) is 13.2 Å². The van der Waals surface area contributed by atoms with Gasteiger partial charge in [-0.05, 0) is 75.4 Å². The maximum atomic E-state index is 11.4. The van der Waals surface area contributed by atoms with Gasteiger partial charge in [0.05, 0.1) is 45.7 Å². The average Bonchev–Trinajstić information content (AvgIpc) is 2.87.